The molecule has 0 saturated carbocycles. The molecule has 0 atom stereocenters. The molecular weight excluding hydrogens is 350 g/mol. The first-order valence-electron chi connectivity index (χ1n) is 8.09. The average molecular weight is 369 g/mol. The number of thioether (sulfide) groups is 1. The Morgan fingerprint density at radius 3 is 2.58 bits per heavy atom. The Morgan fingerprint density at radius 1 is 1.15 bits per heavy atom. The van der Waals surface area contributed by atoms with E-state index in [0.29, 0.717) is 17.6 Å². The summed E-state index contributed by atoms with van der Waals surface area (Å²) in [7, 11) is 0. The lowest BCUT2D eigenvalue weighted by Crippen LogP contribution is -2.16. The number of hydrogen-bond donors (Lipinski definition) is 2. The van der Waals surface area contributed by atoms with Crippen molar-refractivity contribution in [2.75, 3.05) is 23.5 Å². The summed E-state index contributed by atoms with van der Waals surface area (Å²) in [4.78, 5) is 12.0. The first-order valence-corrected chi connectivity index (χ1v) is 9.07. The lowest BCUT2D eigenvalue weighted by Gasteiger charge is -2.06. The highest BCUT2D eigenvalue weighted by Crippen LogP contribution is 2.23. The minimum absolute atomic E-state index is 0.133. The second kappa shape index (κ2) is 8.39. The van der Waals surface area contributed by atoms with E-state index in [2.05, 4.69) is 15.5 Å². The second-order valence-corrected chi connectivity index (χ2v) is 6.28. The van der Waals surface area contributed by atoms with Crippen molar-refractivity contribution in [3.63, 3.8) is 0 Å². The van der Waals surface area contributed by atoms with Crippen molar-refractivity contribution >= 4 is 23.4 Å². The highest BCUT2D eigenvalue weighted by molar-refractivity contribution is 7.99. The highest BCUT2D eigenvalue weighted by Gasteiger charge is 2.14. The van der Waals surface area contributed by atoms with Crippen LogP contribution in [0.3, 0.4) is 0 Å². The van der Waals surface area contributed by atoms with Gasteiger partial charge in [-0.15, -0.1) is 10.2 Å². The Kier molecular flexibility index (Phi) is 5.75. The summed E-state index contributed by atoms with van der Waals surface area (Å²) in [6.45, 7) is 2.54. The summed E-state index contributed by atoms with van der Waals surface area (Å²) in [5.74, 6) is 7.44. The summed E-state index contributed by atoms with van der Waals surface area (Å²) in [5.41, 5.74) is 1.58. The van der Waals surface area contributed by atoms with Gasteiger partial charge in [0.05, 0.1) is 12.4 Å². The number of carbonyl (C=O) groups excluding carboxylic acids is 1. The van der Waals surface area contributed by atoms with Crippen molar-refractivity contribution in [1.82, 2.24) is 14.9 Å². The van der Waals surface area contributed by atoms with Gasteiger partial charge >= 0.3 is 0 Å². The fourth-order valence-electron chi connectivity index (χ4n) is 2.29. The molecule has 0 unspecified atom stereocenters. The first-order chi connectivity index (χ1) is 12.7. The summed E-state index contributed by atoms with van der Waals surface area (Å²) in [6, 6.07) is 16.7. The number of nitrogens with two attached hydrogens (primary N) is 1. The van der Waals surface area contributed by atoms with Gasteiger partial charge in [0.15, 0.2) is 5.82 Å². The third-order valence-corrected chi connectivity index (χ3v) is 4.42. The highest BCUT2D eigenvalue weighted by atomic mass is 32.2. The fraction of sp³-hybridized carbons (Fsp3) is 0.167. The Balaban J connectivity index is 1.62. The van der Waals surface area contributed by atoms with Crippen LogP contribution in [0.1, 0.15) is 6.92 Å². The summed E-state index contributed by atoms with van der Waals surface area (Å²) in [6.07, 6.45) is 0. The van der Waals surface area contributed by atoms with Gasteiger partial charge < -0.3 is 15.9 Å². The van der Waals surface area contributed by atoms with E-state index in [1.807, 2.05) is 61.5 Å². The van der Waals surface area contributed by atoms with Crippen LogP contribution in [-0.4, -0.2) is 33.1 Å². The third kappa shape index (κ3) is 4.34. The van der Waals surface area contributed by atoms with Crippen molar-refractivity contribution in [1.29, 1.82) is 0 Å². The van der Waals surface area contributed by atoms with Crippen LogP contribution in [0.2, 0.25) is 0 Å². The smallest absolute Gasteiger partial charge is 0.234 e. The molecule has 0 fully saturated rings. The van der Waals surface area contributed by atoms with E-state index in [-0.39, 0.29) is 11.7 Å². The Morgan fingerprint density at radius 2 is 1.88 bits per heavy atom. The molecule has 0 spiro atoms. The van der Waals surface area contributed by atoms with Gasteiger partial charge in [-0.2, -0.15) is 0 Å². The maximum atomic E-state index is 12.0. The maximum Gasteiger partial charge on any atom is 0.234 e. The quantitative estimate of drug-likeness (QED) is 0.491. The number of benzene rings is 2. The van der Waals surface area contributed by atoms with Gasteiger partial charge in [0, 0.05) is 11.3 Å². The number of nitrogens with one attached hydrogen (secondary N) is 1. The molecule has 3 N–H and O–H groups in total. The summed E-state index contributed by atoms with van der Waals surface area (Å²) >= 11 is 1.23. The van der Waals surface area contributed by atoms with Crippen LogP contribution in [0.25, 0.3) is 11.4 Å². The minimum Gasteiger partial charge on any atom is -0.494 e. The number of aromatic nitrogens is 3. The number of hydrogen-bond acceptors (Lipinski definition) is 6. The van der Waals surface area contributed by atoms with Gasteiger partial charge in [0.25, 0.3) is 0 Å². The molecule has 7 nitrogen and oxygen atoms in total. The average Bonchev–Trinajstić information content (AvgIpc) is 3.02. The van der Waals surface area contributed by atoms with Crippen molar-refractivity contribution < 1.29 is 9.53 Å². The normalized spacial score (nSPS) is 10.5. The number of nitrogen functional groups attached to an aromatic ring is 1. The second-order valence-electron chi connectivity index (χ2n) is 5.34. The lowest BCUT2D eigenvalue weighted by atomic mass is 10.2. The first kappa shape index (κ1) is 17.8. The van der Waals surface area contributed by atoms with Gasteiger partial charge in [-0.3, -0.25) is 4.79 Å². The lowest BCUT2D eigenvalue weighted by molar-refractivity contribution is -0.113. The van der Waals surface area contributed by atoms with Crippen LogP contribution in [0.5, 0.6) is 5.75 Å². The van der Waals surface area contributed by atoms with E-state index < -0.39 is 0 Å². The molecule has 0 aliphatic rings. The molecule has 134 valence electrons. The maximum absolute atomic E-state index is 12.0. The Labute approximate surface area is 155 Å². The molecule has 0 saturated heterocycles. The fourth-order valence-corrected chi connectivity index (χ4v) is 2.94. The molecule has 0 radical (unpaired) electrons. The number of carbonyl (C=O) groups is 1. The van der Waals surface area contributed by atoms with Crippen LogP contribution in [0.4, 0.5) is 5.69 Å². The molecule has 1 amide bonds. The van der Waals surface area contributed by atoms with Crippen molar-refractivity contribution in [2.24, 2.45) is 0 Å². The van der Waals surface area contributed by atoms with Crippen molar-refractivity contribution in [3.8, 4) is 17.1 Å². The summed E-state index contributed by atoms with van der Waals surface area (Å²) < 4.78 is 6.81. The minimum atomic E-state index is -0.133. The third-order valence-electron chi connectivity index (χ3n) is 3.48. The van der Waals surface area contributed by atoms with E-state index in [1.165, 1.54) is 16.4 Å². The predicted octanol–water partition coefficient (Wildman–Crippen LogP) is 2.79. The van der Waals surface area contributed by atoms with Gasteiger partial charge in [-0.25, -0.2) is 4.68 Å². The van der Waals surface area contributed by atoms with Crippen LogP contribution < -0.4 is 15.9 Å². The molecule has 1 heterocycles. The zero-order chi connectivity index (χ0) is 18.4. The van der Waals surface area contributed by atoms with Crippen LogP contribution >= 0.6 is 11.8 Å². The number of ether oxygens (including phenoxy) is 1. The topological polar surface area (TPSA) is 95.1 Å². The number of anilines is 1. The molecule has 26 heavy (non-hydrogen) atoms. The molecule has 0 aliphatic heterocycles. The standard InChI is InChI=1S/C18H19N5O2S/c1-2-25-15-10-8-13(9-11-15)17-21-22-18(23(17)19)26-12-16(24)20-14-6-4-3-5-7-14/h3-11H,2,12,19H2,1H3,(H,20,24). The van der Waals surface area contributed by atoms with Crippen LogP contribution in [0.15, 0.2) is 59.8 Å². The molecule has 3 aromatic rings. The Bertz CT molecular complexity index is 865. The molecule has 0 aliphatic carbocycles. The largest absolute Gasteiger partial charge is 0.494 e. The zero-order valence-electron chi connectivity index (χ0n) is 14.3. The van der Waals surface area contributed by atoms with E-state index in [1.54, 1.807) is 0 Å². The van der Waals surface area contributed by atoms with Crippen molar-refractivity contribution in [2.45, 2.75) is 12.1 Å². The van der Waals surface area contributed by atoms with E-state index in [0.717, 1.165) is 17.0 Å². The number of rotatable bonds is 7. The number of amides is 1. The van der Waals surface area contributed by atoms with E-state index in [9.17, 15) is 4.79 Å². The van der Waals surface area contributed by atoms with Gasteiger partial charge in [0.1, 0.15) is 5.75 Å². The molecule has 1 aromatic heterocycles. The summed E-state index contributed by atoms with van der Waals surface area (Å²) in [5, 5.41) is 11.5. The predicted molar refractivity (Wildman–Crippen MR) is 103 cm³/mol. The number of nitrogens with zero attached hydrogens (tertiary/aromatic N) is 3. The SMILES string of the molecule is CCOc1ccc(-c2nnc(SCC(=O)Nc3ccccc3)n2N)cc1. The molecule has 0 bridgehead atoms. The molecular formula is C18H19N5O2S. The van der Waals surface area contributed by atoms with E-state index in [4.69, 9.17) is 10.6 Å². The van der Waals surface area contributed by atoms with Gasteiger partial charge in [-0.05, 0) is 43.3 Å². The van der Waals surface area contributed by atoms with Crippen LogP contribution in [0, 0.1) is 0 Å². The van der Waals surface area contributed by atoms with Gasteiger partial charge in [0.2, 0.25) is 11.1 Å². The Hall–Kier alpha value is -3.00. The monoisotopic (exact) mass is 369 g/mol. The van der Waals surface area contributed by atoms with Crippen LogP contribution in [-0.2, 0) is 4.79 Å². The van der Waals surface area contributed by atoms with Crippen molar-refractivity contribution in [3.05, 3.63) is 54.6 Å². The van der Waals surface area contributed by atoms with Gasteiger partial charge in [-0.1, -0.05) is 30.0 Å². The van der Waals surface area contributed by atoms with E-state index >= 15 is 0 Å². The molecule has 2 aromatic carbocycles. The molecule has 8 heteroatoms. The number of para-hydroxylation sites is 1. The molecule has 3 rings (SSSR count). The zero-order valence-corrected chi connectivity index (χ0v) is 15.1.